The molecule has 0 aliphatic heterocycles. The van der Waals surface area contributed by atoms with Gasteiger partial charge in [-0.3, -0.25) is 15.2 Å². The van der Waals surface area contributed by atoms with Crippen molar-refractivity contribution in [1.29, 1.82) is 0 Å². The van der Waals surface area contributed by atoms with E-state index in [2.05, 4.69) is 29.9 Å². The fourth-order valence-corrected chi connectivity index (χ4v) is 1.39. The lowest BCUT2D eigenvalue weighted by Crippen LogP contribution is -2.13. The van der Waals surface area contributed by atoms with Crippen LogP contribution in [0.3, 0.4) is 0 Å². The largest absolute Gasteiger partial charge is 0.294 e. The molecule has 0 aliphatic carbocycles. The van der Waals surface area contributed by atoms with Crippen molar-refractivity contribution in [3.63, 3.8) is 0 Å². The molecule has 2 aromatic heterocycles. The summed E-state index contributed by atoms with van der Waals surface area (Å²) in [6, 6.07) is 0. The maximum atomic E-state index is 11.4. The standard InChI is InChI=1S/C6H6N6OS/c1-3-9-6(14-12-3)10-5(13)4-7-2-8-11-4/h2H,1H3,(H,7,8,11)(H,9,10,12,13). The molecule has 0 aliphatic rings. The molecule has 0 bridgehead atoms. The van der Waals surface area contributed by atoms with E-state index < -0.39 is 0 Å². The molecule has 0 fully saturated rings. The number of rotatable bonds is 2. The number of nitrogens with one attached hydrogen (secondary N) is 2. The highest BCUT2D eigenvalue weighted by atomic mass is 32.1. The molecule has 0 unspecified atom stereocenters. The summed E-state index contributed by atoms with van der Waals surface area (Å²) in [5.74, 6) is 0.402. The second-order valence-corrected chi connectivity index (χ2v) is 3.19. The highest BCUT2D eigenvalue weighted by Gasteiger charge is 2.10. The third-order valence-corrected chi connectivity index (χ3v) is 2.10. The van der Waals surface area contributed by atoms with E-state index >= 15 is 0 Å². The van der Waals surface area contributed by atoms with Gasteiger partial charge >= 0.3 is 0 Å². The van der Waals surface area contributed by atoms with Crippen LogP contribution in [0.15, 0.2) is 6.33 Å². The Bertz CT molecular complexity index is 435. The Morgan fingerprint density at radius 1 is 1.64 bits per heavy atom. The third-order valence-electron chi connectivity index (χ3n) is 1.38. The molecule has 0 saturated heterocycles. The first-order valence-electron chi connectivity index (χ1n) is 3.73. The minimum absolute atomic E-state index is 0.151. The van der Waals surface area contributed by atoms with Gasteiger partial charge in [0.15, 0.2) is 0 Å². The molecule has 0 aromatic carbocycles. The molecule has 0 spiro atoms. The van der Waals surface area contributed by atoms with Crippen molar-refractivity contribution in [3.05, 3.63) is 18.0 Å². The van der Waals surface area contributed by atoms with Gasteiger partial charge in [0.25, 0.3) is 5.91 Å². The number of carbonyl (C=O) groups excluding carboxylic acids is 1. The maximum absolute atomic E-state index is 11.4. The fraction of sp³-hybridized carbons (Fsp3) is 0.167. The Balaban J connectivity index is 2.09. The number of aromatic amines is 1. The van der Waals surface area contributed by atoms with Crippen molar-refractivity contribution in [3.8, 4) is 0 Å². The van der Waals surface area contributed by atoms with Crippen LogP contribution >= 0.6 is 11.5 Å². The van der Waals surface area contributed by atoms with Gasteiger partial charge in [-0.05, 0) is 6.92 Å². The lowest BCUT2D eigenvalue weighted by atomic mass is 10.6. The number of nitrogens with zero attached hydrogens (tertiary/aromatic N) is 4. The first-order chi connectivity index (χ1) is 6.75. The van der Waals surface area contributed by atoms with Crippen molar-refractivity contribution >= 4 is 22.6 Å². The zero-order chi connectivity index (χ0) is 9.97. The van der Waals surface area contributed by atoms with Gasteiger partial charge in [-0.25, -0.2) is 9.97 Å². The first-order valence-corrected chi connectivity index (χ1v) is 4.50. The molecule has 72 valence electrons. The number of aryl methyl sites for hydroxylation is 1. The van der Waals surface area contributed by atoms with Gasteiger partial charge in [0.1, 0.15) is 12.2 Å². The Morgan fingerprint density at radius 2 is 2.50 bits per heavy atom. The van der Waals surface area contributed by atoms with Gasteiger partial charge in [0.2, 0.25) is 11.0 Å². The van der Waals surface area contributed by atoms with Crippen LogP contribution in [0.1, 0.15) is 16.4 Å². The highest BCUT2D eigenvalue weighted by molar-refractivity contribution is 7.09. The third kappa shape index (κ3) is 1.74. The van der Waals surface area contributed by atoms with Crippen molar-refractivity contribution in [1.82, 2.24) is 24.5 Å². The van der Waals surface area contributed by atoms with Crippen LogP contribution in [0.4, 0.5) is 5.13 Å². The van der Waals surface area contributed by atoms with Crippen molar-refractivity contribution < 1.29 is 4.79 Å². The van der Waals surface area contributed by atoms with E-state index in [-0.39, 0.29) is 11.7 Å². The Labute approximate surface area is 82.8 Å². The molecule has 0 saturated carbocycles. The SMILES string of the molecule is Cc1nsc(NC(=O)c2ncn[nH]2)n1. The van der Waals surface area contributed by atoms with E-state index in [0.717, 1.165) is 11.5 Å². The van der Waals surface area contributed by atoms with Gasteiger partial charge in [-0.15, -0.1) is 0 Å². The minimum atomic E-state index is -0.376. The summed E-state index contributed by atoms with van der Waals surface area (Å²) >= 11 is 1.12. The zero-order valence-electron chi connectivity index (χ0n) is 7.18. The van der Waals surface area contributed by atoms with E-state index in [9.17, 15) is 4.79 Å². The second-order valence-electron chi connectivity index (χ2n) is 2.43. The van der Waals surface area contributed by atoms with Crippen LogP contribution in [0, 0.1) is 6.92 Å². The average molecular weight is 210 g/mol. The van der Waals surface area contributed by atoms with Crippen molar-refractivity contribution in [2.45, 2.75) is 6.92 Å². The molecule has 0 atom stereocenters. The molecule has 8 heteroatoms. The predicted octanol–water partition coefficient (Wildman–Crippen LogP) is 0.217. The number of hydrogen-bond donors (Lipinski definition) is 2. The second kappa shape index (κ2) is 3.50. The Hall–Kier alpha value is -1.83. The summed E-state index contributed by atoms with van der Waals surface area (Å²) in [6.07, 6.45) is 1.26. The van der Waals surface area contributed by atoms with Crippen LogP contribution in [0.25, 0.3) is 0 Å². The number of anilines is 1. The van der Waals surface area contributed by atoms with Crippen LogP contribution in [-0.2, 0) is 0 Å². The van der Waals surface area contributed by atoms with Gasteiger partial charge in [0.05, 0.1) is 0 Å². The highest BCUT2D eigenvalue weighted by Crippen LogP contribution is 2.10. The van der Waals surface area contributed by atoms with Crippen LogP contribution < -0.4 is 5.32 Å². The normalized spacial score (nSPS) is 10.1. The molecule has 2 aromatic rings. The summed E-state index contributed by atoms with van der Waals surface area (Å²) < 4.78 is 3.92. The number of carbonyl (C=O) groups is 1. The molecule has 0 radical (unpaired) electrons. The van der Waals surface area contributed by atoms with Crippen LogP contribution in [0.2, 0.25) is 0 Å². The predicted molar refractivity (Wildman–Crippen MR) is 49.0 cm³/mol. The minimum Gasteiger partial charge on any atom is -0.294 e. The molecule has 2 N–H and O–H groups in total. The first kappa shape index (κ1) is 8.75. The van der Waals surface area contributed by atoms with Gasteiger partial charge in [-0.2, -0.15) is 9.47 Å². The van der Waals surface area contributed by atoms with Crippen molar-refractivity contribution in [2.24, 2.45) is 0 Å². The summed E-state index contributed by atoms with van der Waals surface area (Å²) in [5, 5.41) is 8.99. The molecular weight excluding hydrogens is 204 g/mol. The van der Waals surface area contributed by atoms with Gasteiger partial charge in [-0.1, -0.05) is 0 Å². The smallest absolute Gasteiger partial charge is 0.294 e. The fourth-order valence-electron chi connectivity index (χ4n) is 0.819. The molecule has 2 rings (SSSR count). The van der Waals surface area contributed by atoms with Gasteiger partial charge in [0, 0.05) is 11.5 Å². The molecule has 1 amide bonds. The zero-order valence-corrected chi connectivity index (χ0v) is 8.00. The molecule has 2 heterocycles. The number of amides is 1. The summed E-state index contributed by atoms with van der Waals surface area (Å²) in [5.41, 5.74) is 0. The van der Waals surface area contributed by atoms with E-state index in [4.69, 9.17) is 0 Å². The van der Waals surface area contributed by atoms with E-state index in [1.807, 2.05) is 0 Å². The van der Waals surface area contributed by atoms with E-state index in [1.54, 1.807) is 6.92 Å². The summed E-state index contributed by atoms with van der Waals surface area (Å²) in [7, 11) is 0. The summed E-state index contributed by atoms with van der Waals surface area (Å²) in [6.45, 7) is 1.75. The number of H-pyrrole nitrogens is 1. The monoisotopic (exact) mass is 210 g/mol. The maximum Gasteiger partial charge on any atom is 0.294 e. The lowest BCUT2D eigenvalue weighted by molar-refractivity contribution is 0.101. The Kier molecular flexibility index (Phi) is 2.19. The lowest BCUT2D eigenvalue weighted by Gasteiger charge is -1.94. The summed E-state index contributed by atoms with van der Waals surface area (Å²) in [4.78, 5) is 19.0. The van der Waals surface area contributed by atoms with E-state index in [1.165, 1.54) is 6.33 Å². The quantitative estimate of drug-likeness (QED) is 0.738. The molecule has 7 nitrogen and oxygen atoms in total. The van der Waals surface area contributed by atoms with Gasteiger partial charge < -0.3 is 0 Å². The average Bonchev–Trinajstić information content (AvgIpc) is 2.75. The van der Waals surface area contributed by atoms with E-state index in [0.29, 0.717) is 11.0 Å². The van der Waals surface area contributed by atoms with Crippen molar-refractivity contribution in [2.75, 3.05) is 5.32 Å². The van der Waals surface area contributed by atoms with Crippen LogP contribution in [-0.4, -0.2) is 30.4 Å². The molecule has 14 heavy (non-hydrogen) atoms. The number of aromatic nitrogens is 5. The molecular formula is C6H6N6OS. The van der Waals surface area contributed by atoms with Crippen LogP contribution in [0.5, 0.6) is 0 Å². The topological polar surface area (TPSA) is 96.5 Å². The number of hydrogen-bond acceptors (Lipinski definition) is 6. The Morgan fingerprint density at radius 3 is 3.07 bits per heavy atom.